The van der Waals surface area contributed by atoms with Crippen molar-refractivity contribution in [2.24, 2.45) is 7.05 Å². The maximum absolute atomic E-state index is 2.53. The van der Waals surface area contributed by atoms with Crippen LogP contribution < -0.4 is 4.57 Å². The Bertz CT molecular complexity index is 1730. The molecule has 7 rings (SSSR count). The smallest absolute Gasteiger partial charge is 0.224 e. The molecule has 28 heavy (non-hydrogen) atoms. The third kappa shape index (κ3) is 1.55. The molecule has 4 aromatic heterocycles. The van der Waals surface area contributed by atoms with Crippen molar-refractivity contribution in [2.75, 3.05) is 0 Å². The van der Waals surface area contributed by atoms with E-state index < -0.39 is 0 Å². The summed E-state index contributed by atoms with van der Waals surface area (Å²) in [6.45, 7) is 2.26. The van der Waals surface area contributed by atoms with Gasteiger partial charge in [0.25, 0.3) is 0 Å². The summed E-state index contributed by atoms with van der Waals surface area (Å²) in [7, 11) is 2.17. The Labute approximate surface area is 165 Å². The minimum atomic E-state index is 1.29. The Kier molecular flexibility index (Phi) is 2.55. The fourth-order valence-electron chi connectivity index (χ4n) is 5.19. The van der Waals surface area contributed by atoms with Crippen LogP contribution in [0.5, 0.6) is 0 Å². The van der Waals surface area contributed by atoms with Crippen LogP contribution in [0.2, 0.25) is 0 Å². The number of aromatic nitrogens is 2. The minimum absolute atomic E-state index is 1.29. The summed E-state index contributed by atoms with van der Waals surface area (Å²) in [6, 6.07) is 20.3. The highest BCUT2D eigenvalue weighted by Crippen LogP contribution is 2.43. The lowest BCUT2D eigenvalue weighted by atomic mass is 9.99. The van der Waals surface area contributed by atoms with Crippen molar-refractivity contribution in [1.29, 1.82) is 0 Å². The van der Waals surface area contributed by atoms with Gasteiger partial charge in [0, 0.05) is 26.9 Å². The molecule has 2 nitrogen and oxygen atoms in total. The number of pyridine rings is 2. The Morgan fingerprint density at radius 2 is 1.71 bits per heavy atom. The lowest BCUT2D eigenvalue weighted by Crippen LogP contribution is -2.28. The van der Waals surface area contributed by atoms with Gasteiger partial charge in [-0.25, -0.2) is 4.57 Å². The summed E-state index contributed by atoms with van der Waals surface area (Å²) in [4.78, 5) is 0. The lowest BCUT2D eigenvalue weighted by molar-refractivity contribution is -0.643. The van der Waals surface area contributed by atoms with Crippen molar-refractivity contribution in [2.45, 2.75) is 6.92 Å². The first kappa shape index (κ1) is 14.8. The summed E-state index contributed by atoms with van der Waals surface area (Å²) >= 11 is 1.83. The summed E-state index contributed by atoms with van der Waals surface area (Å²) in [5.74, 6) is 0. The molecule has 0 N–H and O–H groups in total. The fourth-order valence-corrected chi connectivity index (χ4v) is 6.07. The average molecular weight is 377 g/mol. The van der Waals surface area contributed by atoms with Gasteiger partial charge in [-0.1, -0.05) is 30.3 Å². The van der Waals surface area contributed by atoms with Crippen LogP contribution in [0.1, 0.15) is 5.56 Å². The van der Waals surface area contributed by atoms with Crippen LogP contribution in [-0.2, 0) is 7.05 Å². The first-order valence-electron chi connectivity index (χ1n) is 9.60. The van der Waals surface area contributed by atoms with E-state index in [0.717, 1.165) is 0 Å². The third-order valence-corrected chi connectivity index (χ3v) is 7.19. The Morgan fingerprint density at radius 1 is 0.857 bits per heavy atom. The zero-order valence-corrected chi connectivity index (χ0v) is 16.5. The van der Waals surface area contributed by atoms with Crippen LogP contribution in [0.3, 0.4) is 0 Å². The van der Waals surface area contributed by atoms with Gasteiger partial charge < -0.3 is 4.40 Å². The largest absolute Gasteiger partial charge is 0.307 e. The summed E-state index contributed by atoms with van der Waals surface area (Å²) in [5.41, 5.74) is 6.65. The zero-order valence-electron chi connectivity index (χ0n) is 15.7. The van der Waals surface area contributed by atoms with E-state index in [4.69, 9.17) is 0 Å². The van der Waals surface area contributed by atoms with E-state index >= 15 is 0 Å². The number of para-hydroxylation sites is 1. The maximum atomic E-state index is 2.53. The standard InChI is InChI=1S/C25H17N2S/c1-14-13-20-18(10-12-28-20)24-21(14)25-22-15(9-11-26(25)2)7-8-17-16-5-3-4-6-19(16)27(24)23(17)22/h3-13H,1-2H3/q+1. The second-order valence-corrected chi connectivity index (χ2v) is 8.75. The van der Waals surface area contributed by atoms with Crippen LogP contribution in [0.15, 0.2) is 66.2 Å². The minimum Gasteiger partial charge on any atom is -0.307 e. The average Bonchev–Trinajstić information content (AvgIpc) is 3.31. The SMILES string of the molecule is Cc1cc2sccc2c2c1c1c3c(ccc4c5ccccc5n2c43)cc[n+]1C. The van der Waals surface area contributed by atoms with Crippen molar-refractivity contribution in [3.05, 3.63) is 71.7 Å². The van der Waals surface area contributed by atoms with Gasteiger partial charge in [-0.3, -0.25) is 0 Å². The highest BCUT2D eigenvalue weighted by molar-refractivity contribution is 7.17. The molecule has 0 fully saturated rings. The first-order valence-corrected chi connectivity index (χ1v) is 10.5. The molecule has 0 aliphatic carbocycles. The van der Waals surface area contributed by atoms with Crippen molar-refractivity contribution < 1.29 is 4.57 Å². The molecular weight excluding hydrogens is 360 g/mol. The van der Waals surface area contributed by atoms with E-state index in [9.17, 15) is 0 Å². The molecule has 4 heterocycles. The molecule has 7 aromatic rings. The van der Waals surface area contributed by atoms with Gasteiger partial charge in [-0.2, -0.15) is 0 Å². The molecule has 132 valence electrons. The highest BCUT2D eigenvalue weighted by atomic mass is 32.1. The van der Waals surface area contributed by atoms with Gasteiger partial charge in [0.1, 0.15) is 7.05 Å². The van der Waals surface area contributed by atoms with Crippen LogP contribution in [0, 0.1) is 6.92 Å². The van der Waals surface area contributed by atoms with Gasteiger partial charge in [0.2, 0.25) is 5.52 Å². The second-order valence-electron chi connectivity index (χ2n) is 7.80. The molecule has 0 saturated heterocycles. The lowest BCUT2D eigenvalue weighted by Gasteiger charge is -2.13. The quantitative estimate of drug-likeness (QED) is 0.166. The van der Waals surface area contributed by atoms with Gasteiger partial charge in [-0.15, -0.1) is 11.3 Å². The molecule has 0 saturated carbocycles. The van der Waals surface area contributed by atoms with E-state index in [0.29, 0.717) is 0 Å². The fraction of sp³-hybridized carbons (Fsp3) is 0.0800. The molecular formula is C25H17N2S+. The van der Waals surface area contributed by atoms with Crippen molar-refractivity contribution in [3.63, 3.8) is 0 Å². The molecule has 0 amide bonds. The molecule has 0 bridgehead atoms. The maximum Gasteiger partial charge on any atom is 0.224 e. The molecule has 0 aliphatic rings. The molecule has 0 spiro atoms. The van der Waals surface area contributed by atoms with Gasteiger partial charge in [0.05, 0.1) is 27.3 Å². The molecule has 0 unspecified atom stereocenters. The summed E-state index contributed by atoms with van der Waals surface area (Å²) in [6.07, 6.45) is 2.20. The number of hydrogen-bond acceptors (Lipinski definition) is 1. The van der Waals surface area contributed by atoms with Gasteiger partial charge >= 0.3 is 0 Å². The third-order valence-electron chi connectivity index (χ3n) is 6.33. The van der Waals surface area contributed by atoms with E-state index in [1.54, 1.807) is 0 Å². The van der Waals surface area contributed by atoms with Gasteiger partial charge in [-0.05, 0) is 41.5 Å². The first-order chi connectivity index (χ1) is 13.7. The zero-order chi connectivity index (χ0) is 18.6. The van der Waals surface area contributed by atoms with Crippen LogP contribution in [-0.4, -0.2) is 4.40 Å². The van der Waals surface area contributed by atoms with Crippen molar-refractivity contribution in [3.8, 4) is 0 Å². The highest BCUT2D eigenvalue weighted by Gasteiger charge is 2.24. The molecule has 3 heteroatoms. The number of hydrogen-bond donors (Lipinski definition) is 0. The van der Waals surface area contributed by atoms with E-state index in [1.807, 2.05) is 11.3 Å². The number of nitrogens with zero attached hydrogens (tertiary/aromatic N) is 2. The molecule has 3 aromatic carbocycles. The predicted octanol–water partition coefficient (Wildman–Crippen LogP) is 6.34. The van der Waals surface area contributed by atoms with Crippen LogP contribution in [0.25, 0.3) is 59.1 Å². The second kappa shape index (κ2) is 4.81. The number of benzene rings is 3. The van der Waals surface area contributed by atoms with E-state index in [-0.39, 0.29) is 0 Å². The predicted molar refractivity (Wildman–Crippen MR) is 120 cm³/mol. The number of aryl methyl sites for hydroxylation is 2. The molecule has 0 radical (unpaired) electrons. The van der Waals surface area contributed by atoms with E-state index in [1.165, 1.54) is 64.6 Å². The van der Waals surface area contributed by atoms with E-state index in [2.05, 4.69) is 89.1 Å². The summed E-state index contributed by atoms with van der Waals surface area (Å²) < 4.78 is 6.18. The number of thiophene rings is 1. The summed E-state index contributed by atoms with van der Waals surface area (Å²) in [5, 5.41) is 10.3. The molecule has 0 atom stereocenters. The number of rotatable bonds is 0. The van der Waals surface area contributed by atoms with Crippen molar-refractivity contribution >= 4 is 70.4 Å². The van der Waals surface area contributed by atoms with Gasteiger partial charge in [0.15, 0.2) is 6.20 Å². The monoisotopic (exact) mass is 377 g/mol. The van der Waals surface area contributed by atoms with Crippen molar-refractivity contribution in [1.82, 2.24) is 4.40 Å². The topological polar surface area (TPSA) is 8.29 Å². The molecule has 0 aliphatic heterocycles. The Hall–Kier alpha value is -3.17. The van der Waals surface area contributed by atoms with Crippen LogP contribution in [0.4, 0.5) is 0 Å². The van der Waals surface area contributed by atoms with Crippen LogP contribution >= 0.6 is 11.3 Å². The Balaban J connectivity index is 2.05. The normalized spacial score (nSPS) is 12.6. The Morgan fingerprint density at radius 3 is 2.64 bits per heavy atom. The number of fused-ring (bicyclic) bond motifs is 8.